The van der Waals surface area contributed by atoms with Crippen molar-refractivity contribution >= 4 is 24.2 Å². The van der Waals surface area contributed by atoms with Crippen LogP contribution in [0, 0.1) is 5.92 Å². The maximum absolute atomic E-state index is 12.0. The van der Waals surface area contributed by atoms with Crippen LogP contribution < -0.4 is 10.6 Å². The van der Waals surface area contributed by atoms with Gasteiger partial charge < -0.3 is 20.3 Å². The van der Waals surface area contributed by atoms with Crippen LogP contribution in [0.3, 0.4) is 0 Å². The lowest BCUT2D eigenvalue weighted by molar-refractivity contribution is -0.133. The first-order chi connectivity index (χ1) is 10.2. The number of carbonyl (C=O) groups is 2. The highest BCUT2D eigenvalue weighted by Gasteiger charge is 2.26. The second-order valence-electron chi connectivity index (χ2n) is 5.98. The van der Waals surface area contributed by atoms with Crippen LogP contribution in [0.25, 0.3) is 0 Å². The van der Waals surface area contributed by atoms with Crippen molar-refractivity contribution in [3.05, 3.63) is 0 Å². The van der Waals surface area contributed by atoms with Crippen LogP contribution in [0.5, 0.6) is 0 Å². The summed E-state index contributed by atoms with van der Waals surface area (Å²) in [5, 5.41) is 6.24. The van der Waals surface area contributed by atoms with E-state index < -0.39 is 0 Å². The van der Waals surface area contributed by atoms with Gasteiger partial charge in [-0.15, -0.1) is 12.4 Å². The largest absolute Gasteiger partial charge is 0.384 e. The van der Waals surface area contributed by atoms with Crippen molar-refractivity contribution in [3.8, 4) is 0 Å². The van der Waals surface area contributed by atoms with Crippen LogP contribution in [0.4, 0.5) is 0 Å². The first kappa shape index (κ1) is 19.2. The van der Waals surface area contributed by atoms with Crippen LogP contribution in [0.2, 0.25) is 0 Å². The van der Waals surface area contributed by atoms with Gasteiger partial charge in [0.25, 0.3) is 0 Å². The summed E-state index contributed by atoms with van der Waals surface area (Å²) in [5.41, 5.74) is 0. The Labute approximate surface area is 138 Å². The summed E-state index contributed by atoms with van der Waals surface area (Å²) in [6.07, 6.45) is 4.54. The number of nitrogens with one attached hydrogen (secondary N) is 2. The molecule has 2 aliphatic rings. The van der Waals surface area contributed by atoms with E-state index in [9.17, 15) is 9.59 Å². The van der Waals surface area contributed by atoms with Crippen molar-refractivity contribution in [2.45, 2.75) is 38.1 Å². The third kappa shape index (κ3) is 5.74. The van der Waals surface area contributed by atoms with E-state index in [1.807, 2.05) is 4.90 Å². The van der Waals surface area contributed by atoms with Crippen molar-refractivity contribution in [3.63, 3.8) is 0 Å². The summed E-state index contributed by atoms with van der Waals surface area (Å²) in [6.45, 7) is 3.66. The first-order valence-electron chi connectivity index (χ1n) is 7.98. The topological polar surface area (TPSA) is 70.7 Å². The maximum Gasteiger partial charge on any atom is 0.237 e. The van der Waals surface area contributed by atoms with Gasteiger partial charge in [-0.25, -0.2) is 0 Å². The molecule has 2 atom stereocenters. The maximum atomic E-state index is 12.0. The molecule has 0 aromatic carbocycles. The van der Waals surface area contributed by atoms with Gasteiger partial charge in [-0.3, -0.25) is 9.59 Å². The zero-order valence-electron chi connectivity index (χ0n) is 13.3. The molecule has 0 spiro atoms. The van der Waals surface area contributed by atoms with E-state index >= 15 is 0 Å². The molecule has 6 nitrogen and oxygen atoms in total. The smallest absolute Gasteiger partial charge is 0.237 e. The average molecular weight is 334 g/mol. The number of halogens is 1. The molecule has 2 amide bonds. The molecule has 0 radical (unpaired) electrons. The lowest BCUT2D eigenvalue weighted by atomic mass is 9.97. The quantitative estimate of drug-likeness (QED) is 0.745. The third-order valence-electron chi connectivity index (χ3n) is 4.33. The van der Waals surface area contributed by atoms with Gasteiger partial charge in [0.2, 0.25) is 11.8 Å². The highest BCUT2D eigenvalue weighted by Crippen LogP contribution is 2.17. The van der Waals surface area contributed by atoms with Crippen LogP contribution in [-0.2, 0) is 14.3 Å². The molecule has 2 rings (SSSR count). The van der Waals surface area contributed by atoms with Gasteiger partial charge in [0, 0.05) is 26.7 Å². The molecule has 2 unspecified atom stereocenters. The number of hydrogen-bond acceptors (Lipinski definition) is 4. The predicted molar refractivity (Wildman–Crippen MR) is 87.1 cm³/mol. The van der Waals surface area contributed by atoms with Crippen molar-refractivity contribution in [2.75, 3.05) is 39.9 Å². The third-order valence-corrected chi connectivity index (χ3v) is 4.33. The van der Waals surface area contributed by atoms with Crippen molar-refractivity contribution < 1.29 is 14.3 Å². The Balaban J connectivity index is 0.00000242. The number of hydrogen-bond donors (Lipinski definition) is 2. The van der Waals surface area contributed by atoms with E-state index in [0.29, 0.717) is 25.5 Å². The van der Waals surface area contributed by atoms with Gasteiger partial charge in [-0.2, -0.15) is 0 Å². The Morgan fingerprint density at radius 1 is 1.32 bits per heavy atom. The molecule has 0 saturated carbocycles. The number of likely N-dealkylation sites (tertiary alicyclic amines) is 1. The van der Waals surface area contributed by atoms with Crippen LogP contribution in [0.15, 0.2) is 0 Å². The molecule has 128 valence electrons. The minimum atomic E-state index is -0.0203. The summed E-state index contributed by atoms with van der Waals surface area (Å²) in [4.78, 5) is 25.9. The number of methoxy groups -OCH3 is 1. The normalized spacial score (nSPS) is 24.7. The zero-order valence-corrected chi connectivity index (χ0v) is 14.1. The summed E-state index contributed by atoms with van der Waals surface area (Å²) in [6, 6.07) is -0.0203. The average Bonchev–Trinajstić information content (AvgIpc) is 3.05. The number of rotatable bonds is 6. The molecule has 0 bridgehead atoms. The SMILES string of the molecule is COCCC(=O)N1CCCC(CNC(=O)C2CCCN2)C1.Cl. The molecule has 2 aliphatic heterocycles. The fourth-order valence-electron chi connectivity index (χ4n) is 3.08. The molecule has 7 heteroatoms. The highest BCUT2D eigenvalue weighted by molar-refractivity contribution is 5.85. The van der Waals surface area contributed by atoms with Gasteiger partial charge in [0.15, 0.2) is 0 Å². The predicted octanol–water partition coefficient (Wildman–Crippen LogP) is 0.552. The highest BCUT2D eigenvalue weighted by atomic mass is 35.5. The molecule has 2 saturated heterocycles. The molecular weight excluding hydrogens is 306 g/mol. The summed E-state index contributed by atoms with van der Waals surface area (Å²) >= 11 is 0. The monoisotopic (exact) mass is 333 g/mol. The van der Waals surface area contributed by atoms with E-state index in [1.165, 1.54) is 0 Å². The van der Waals surface area contributed by atoms with Gasteiger partial charge in [-0.1, -0.05) is 0 Å². The molecule has 0 aromatic heterocycles. The van der Waals surface area contributed by atoms with Gasteiger partial charge in [0.05, 0.1) is 19.1 Å². The Morgan fingerprint density at radius 3 is 2.82 bits per heavy atom. The van der Waals surface area contributed by atoms with E-state index in [-0.39, 0.29) is 30.3 Å². The number of ether oxygens (including phenoxy) is 1. The van der Waals surface area contributed by atoms with Crippen molar-refractivity contribution in [1.82, 2.24) is 15.5 Å². The molecule has 0 aromatic rings. The van der Waals surface area contributed by atoms with Crippen molar-refractivity contribution in [2.24, 2.45) is 5.92 Å². The fraction of sp³-hybridized carbons (Fsp3) is 0.867. The Morgan fingerprint density at radius 2 is 2.14 bits per heavy atom. The molecule has 2 N–H and O–H groups in total. The molecule has 0 aliphatic carbocycles. The van der Waals surface area contributed by atoms with Gasteiger partial charge >= 0.3 is 0 Å². The molecular formula is C15H28ClN3O3. The van der Waals surface area contributed by atoms with Gasteiger partial charge in [0.1, 0.15) is 0 Å². The standard InChI is InChI=1S/C15H27N3O3.ClH/c1-21-9-6-14(19)18-8-3-4-12(11-18)10-17-15(20)13-5-2-7-16-13;/h12-13,16H,2-11H2,1H3,(H,17,20);1H. The fourth-order valence-corrected chi connectivity index (χ4v) is 3.08. The van der Waals surface area contributed by atoms with Gasteiger partial charge in [-0.05, 0) is 38.1 Å². The van der Waals surface area contributed by atoms with Crippen LogP contribution >= 0.6 is 12.4 Å². The number of piperidine rings is 1. The Bertz CT molecular complexity index is 362. The van der Waals surface area contributed by atoms with E-state index in [0.717, 1.165) is 45.3 Å². The second-order valence-corrected chi connectivity index (χ2v) is 5.98. The number of nitrogens with zero attached hydrogens (tertiary/aromatic N) is 1. The summed E-state index contributed by atoms with van der Waals surface area (Å²) < 4.78 is 4.95. The lowest BCUT2D eigenvalue weighted by Crippen LogP contribution is -2.46. The summed E-state index contributed by atoms with van der Waals surface area (Å²) in [5.74, 6) is 0.635. The Hall–Kier alpha value is -0.850. The molecule has 2 fully saturated rings. The first-order valence-corrected chi connectivity index (χ1v) is 7.98. The van der Waals surface area contributed by atoms with Crippen LogP contribution in [0.1, 0.15) is 32.1 Å². The van der Waals surface area contributed by atoms with E-state index in [4.69, 9.17) is 4.74 Å². The van der Waals surface area contributed by atoms with E-state index in [1.54, 1.807) is 7.11 Å². The molecule has 22 heavy (non-hydrogen) atoms. The minimum absolute atomic E-state index is 0. The second kappa shape index (κ2) is 10.0. The zero-order chi connectivity index (χ0) is 15.1. The lowest BCUT2D eigenvalue weighted by Gasteiger charge is -2.33. The number of carbonyl (C=O) groups excluding carboxylic acids is 2. The Kier molecular flexibility index (Phi) is 8.75. The van der Waals surface area contributed by atoms with E-state index in [2.05, 4.69) is 10.6 Å². The van der Waals surface area contributed by atoms with Crippen LogP contribution in [-0.4, -0.2) is 62.7 Å². The summed E-state index contributed by atoms with van der Waals surface area (Å²) in [7, 11) is 1.61. The van der Waals surface area contributed by atoms with Crippen molar-refractivity contribution in [1.29, 1.82) is 0 Å². The molecule has 2 heterocycles. The number of amides is 2. The minimum Gasteiger partial charge on any atom is -0.384 e.